The molecule has 0 bridgehead atoms. The molecule has 1 rings (SSSR count). The fourth-order valence-corrected chi connectivity index (χ4v) is 2.54. The molecule has 0 unspecified atom stereocenters. The summed E-state index contributed by atoms with van der Waals surface area (Å²) in [4.78, 5) is 10.9. The van der Waals surface area contributed by atoms with E-state index in [2.05, 4.69) is 26.1 Å². The number of nitrogens with one attached hydrogen (secondary N) is 1. The van der Waals surface area contributed by atoms with Crippen molar-refractivity contribution in [1.29, 1.82) is 0 Å². The van der Waals surface area contributed by atoms with E-state index in [4.69, 9.17) is 5.11 Å². The van der Waals surface area contributed by atoms with Crippen molar-refractivity contribution in [2.24, 2.45) is 5.41 Å². The Bertz CT molecular complexity index is 441. The Labute approximate surface area is 128 Å². The van der Waals surface area contributed by atoms with Crippen LogP contribution in [0.3, 0.4) is 0 Å². The summed E-state index contributed by atoms with van der Waals surface area (Å²) in [5.41, 5.74) is 2.28. The smallest absolute Gasteiger partial charge is 0.307 e. The van der Waals surface area contributed by atoms with Crippen LogP contribution < -0.4 is 5.32 Å². The van der Waals surface area contributed by atoms with Gasteiger partial charge in [-0.1, -0.05) is 64.3 Å². The Hall–Kier alpha value is -1.35. The van der Waals surface area contributed by atoms with Gasteiger partial charge in [-0.2, -0.15) is 0 Å². The van der Waals surface area contributed by atoms with E-state index < -0.39 is 5.97 Å². The lowest BCUT2D eigenvalue weighted by atomic mass is 9.87. The molecule has 3 nitrogen and oxygen atoms in total. The zero-order chi connectivity index (χ0) is 15.7. The predicted molar refractivity (Wildman–Crippen MR) is 87.4 cm³/mol. The Morgan fingerprint density at radius 3 is 2.48 bits per heavy atom. The molecular formula is C18H29NO2. The number of hydrogen-bond acceptors (Lipinski definition) is 2. The molecule has 0 saturated carbocycles. The molecule has 118 valence electrons. The third kappa shape index (κ3) is 7.28. The van der Waals surface area contributed by atoms with Gasteiger partial charge in [-0.25, -0.2) is 0 Å². The minimum atomic E-state index is -0.776. The summed E-state index contributed by atoms with van der Waals surface area (Å²) in [6.45, 7) is 8.50. The number of carbonyl (C=O) groups is 1. The lowest BCUT2D eigenvalue weighted by Gasteiger charge is -2.25. The van der Waals surface area contributed by atoms with Crippen LogP contribution in [0.4, 0.5) is 0 Å². The summed E-state index contributed by atoms with van der Waals surface area (Å²) in [7, 11) is 0. The highest BCUT2D eigenvalue weighted by atomic mass is 16.4. The summed E-state index contributed by atoms with van der Waals surface area (Å²) < 4.78 is 0. The van der Waals surface area contributed by atoms with Gasteiger partial charge in [0.25, 0.3) is 0 Å². The number of hydrogen-bond donors (Lipinski definition) is 2. The summed E-state index contributed by atoms with van der Waals surface area (Å²) in [6.07, 6.45) is 5.15. The van der Waals surface area contributed by atoms with Crippen LogP contribution >= 0.6 is 0 Å². The average molecular weight is 291 g/mol. The molecule has 1 aromatic rings. The van der Waals surface area contributed by atoms with Gasteiger partial charge in [-0.05, 0) is 23.0 Å². The van der Waals surface area contributed by atoms with Crippen molar-refractivity contribution in [3.05, 3.63) is 35.4 Å². The van der Waals surface area contributed by atoms with Gasteiger partial charge in [0, 0.05) is 13.1 Å². The Kier molecular flexibility index (Phi) is 7.44. The monoisotopic (exact) mass is 291 g/mol. The highest BCUT2D eigenvalue weighted by molar-refractivity contribution is 5.70. The third-order valence-corrected chi connectivity index (χ3v) is 3.84. The highest BCUT2D eigenvalue weighted by Crippen LogP contribution is 2.23. The maximum Gasteiger partial charge on any atom is 0.307 e. The molecule has 21 heavy (non-hydrogen) atoms. The zero-order valence-electron chi connectivity index (χ0n) is 13.6. The van der Waals surface area contributed by atoms with E-state index in [-0.39, 0.29) is 11.8 Å². The van der Waals surface area contributed by atoms with E-state index in [1.165, 1.54) is 25.7 Å². The third-order valence-electron chi connectivity index (χ3n) is 3.84. The molecule has 1 aromatic carbocycles. The van der Waals surface area contributed by atoms with Crippen molar-refractivity contribution in [2.75, 3.05) is 6.54 Å². The SMILES string of the molecule is CCCCCC(C)(C)CNCc1ccccc1CC(=O)O. The number of benzene rings is 1. The molecule has 0 atom stereocenters. The normalized spacial score (nSPS) is 11.6. The van der Waals surface area contributed by atoms with E-state index in [1.807, 2.05) is 24.3 Å². The van der Waals surface area contributed by atoms with Crippen LogP contribution in [0, 0.1) is 5.41 Å². The molecule has 0 radical (unpaired) electrons. The van der Waals surface area contributed by atoms with Gasteiger partial charge >= 0.3 is 5.97 Å². The van der Waals surface area contributed by atoms with E-state index in [0.29, 0.717) is 0 Å². The zero-order valence-corrected chi connectivity index (χ0v) is 13.6. The van der Waals surface area contributed by atoms with Crippen LogP contribution in [0.2, 0.25) is 0 Å². The van der Waals surface area contributed by atoms with E-state index >= 15 is 0 Å². The van der Waals surface area contributed by atoms with Gasteiger partial charge in [0.1, 0.15) is 0 Å². The largest absolute Gasteiger partial charge is 0.481 e. The molecule has 0 saturated heterocycles. The minimum absolute atomic E-state index is 0.0950. The first-order chi connectivity index (χ1) is 9.94. The van der Waals surface area contributed by atoms with Crippen molar-refractivity contribution >= 4 is 5.97 Å². The Morgan fingerprint density at radius 2 is 1.86 bits per heavy atom. The number of unbranched alkanes of at least 4 members (excludes halogenated alkanes) is 2. The van der Waals surface area contributed by atoms with Crippen LogP contribution in [0.15, 0.2) is 24.3 Å². The van der Waals surface area contributed by atoms with Crippen molar-refractivity contribution in [3.63, 3.8) is 0 Å². The van der Waals surface area contributed by atoms with Gasteiger partial charge < -0.3 is 10.4 Å². The summed E-state index contributed by atoms with van der Waals surface area (Å²) in [5, 5.41) is 12.4. The second-order valence-electron chi connectivity index (χ2n) is 6.56. The van der Waals surface area contributed by atoms with Gasteiger partial charge in [0.2, 0.25) is 0 Å². The van der Waals surface area contributed by atoms with Crippen molar-refractivity contribution in [1.82, 2.24) is 5.32 Å². The first-order valence-electron chi connectivity index (χ1n) is 7.94. The van der Waals surface area contributed by atoms with E-state index in [0.717, 1.165) is 24.2 Å². The van der Waals surface area contributed by atoms with Gasteiger partial charge in [0.05, 0.1) is 6.42 Å². The first kappa shape index (κ1) is 17.7. The summed E-state index contributed by atoms with van der Waals surface area (Å²) >= 11 is 0. The molecular weight excluding hydrogens is 262 g/mol. The molecule has 3 heteroatoms. The van der Waals surface area contributed by atoms with E-state index in [9.17, 15) is 4.79 Å². The number of aliphatic carboxylic acids is 1. The molecule has 0 aliphatic rings. The van der Waals surface area contributed by atoms with Crippen LogP contribution in [0.1, 0.15) is 57.6 Å². The fraction of sp³-hybridized carbons (Fsp3) is 0.611. The molecule has 0 amide bonds. The van der Waals surface area contributed by atoms with Gasteiger partial charge in [-0.3, -0.25) is 4.79 Å². The molecule has 0 heterocycles. The topological polar surface area (TPSA) is 49.3 Å². The number of carboxylic acid groups (broad SMARTS) is 1. The van der Waals surface area contributed by atoms with Crippen molar-refractivity contribution in [2.45, 2.75) is 59.4 Å². The quantitative estimate of drug-likeness (QED) is 0.640. The van der Waals surface area contributed by atoms with E-state index in [1.54, 1.807) is 0 Å². The Morgan fingerprint density at radius 1 is 1.19 bits per heavy atom. The summed E-state index contributed by atoms with van der Waals surface area (Å²) in [6, 6.07) is 7.78. The molecule has 0 aromatic heterocycles. The standard InChI is InChI=1S/C18H29NO2/c1-4-5-8-11-18(2,3)14-19-13-16-10-7-6-9-15(16)12-17(20)21/h6-7,9-10,19H,4-5,8,11-14H2,1-3H3,(H,20,21). The lowest BCUT2D eigenvalue weighted by molar-refractivity contribution is -0.136. The fourth-order valence-electron chi connectivity index (χ4n) is 2.54. The van der Waals surface area contributed by atoms with Crippen molar-refractivity contribution < 1.29 is 9.90 Å². The van der Waals surface area contributed by atoms with Gasteiger partial charge in [0.15, 0.2) is 0 Å². The maximum atomic E-state index is 10.9. The second kappa shape index (κ2) is 8.83. The Balaban J connectivity index is 2.46. The summed E-state index contributed by atoms with van der Waals surface area (Å²) in [5.74, 6) is -0.776. The van der Waals surface area contributed by atoms with Crippen molar-refractivity contribution in [3.8, 4) is 0 Å². The van der Waals surface area contributed by atoms with Crippen LogP contribution in [-0.2, 0) is 17.8 Å². The van der Waals surface area contributed by atoms with Gasteiger partial charge in [-0.15, -0.1) is 0 Å². The van der Waals surface area contributed by atoms with Crippen LogP contribution in [0.5, 0.6) is 0 Å². The van der Waals surface area contributed by atoms with Crippen LogP contribution in [-0.4, -0.2) is 17.6 Å². The first-order valence-corrected chi connectivity index (χ1v) is 7.94. The molecule has 0 aliphatic carbocycles. The van der Waals surface area contributed by atoms with Crippen LogP contribution in [0.25, 0.3) is 0 Å². The average Bonchev–Trinajstić information content (AvgIpc) is 2.40. The minimum Gasteiger partial charge on any atom is -0.481 e. The highest BCUT2D eigenvalue weighted by Gasteiger charge is 2.16. The molecule has 2 N–H and O–H groups in total. The number of rotatable bonds is 10. The lowest BCUT2D eigenvalue weighted by Crippen LogP contribution is -2.29. The maximum absolute atomic E-state index is 10.9. The molecule has 0 aliphatic heterocycles. The molecule has 0 fully saturated rings. The second-order valence-corrected chi connectivity index (χ2v) is 6.56. The number of carboxylic acids is 1. The molecule has 0 spiro atoms. The predicted octanol–water partition coefficient (Wildman–Crippen LogP) is 4.01.